The van der Waals surface area contributed by atoms with Gasteiger partial charge in [-0.15, -0.1) is 0 Å². The van der Waals surface area contributed by atoms with Crippen molar-refractivity contribution in [3.63, 3.8) is 0 Å². The summed E-state index contributed by atoms with van der Waals surface area (Å²) in [5, 5.41) is 6.93. The fraction of sp³-hybridized carbons (Fsp3) is 0.400. The molecule has 2 saturated heterocycles. The third-order valence-electron chi connectivity index (χ3n) is 5.27. The molecule has 3 amide bonds. The first-order chi connectivity index (χ1) is 14.1. The minimum Gasteiger partial charge on any atom is -0.378 e. The summed E-state index contributed by atoms with van der Waals surface area (Å²) < 4.78 is 5.22. The van der Waals surface area contributed by atoms with E-state index in [9.17, 15) is 14.4 Å². The van der Waals surface area contributed by atoms with Crippen molar-refractivity contribution in [2.24, 2.45) is 0 Å². The Kier molecular flexibility index (Phi) is 5.57. The fourth-order valence-corrected chi connectivity index (χ4v) is 3.59. The summed E-state index contributed by atoms with van der Waals surface area (Å²) in [5.74, 6) is -1.13. The van der Waals surface area contributed by atoms with Crippen LogP contribution in [0.5, 0.6) is 0 Å². The van der Waals surface area contributed by atoms with Crippen molar-refractivity contribution in [2.45, 2.75) is 0 Å². The number of piperazine rings is 1. The fourth-order valence-electron chi connectivity index (χ4n) is 3.59. The van der Waals surface area contributed by atoms with Crippen LogP contribution in [0.15, 0.2) is 36.5 Å². The molecule has 9 nitrogen and oxygen atoms in total. The number of amides is 3. The van der Waals surface area contributed by atoms with Crippen molar-refractivity contribution < 1.29 is 19.1 Å². The predicted molar refractivity (Wildman–Crippen MR) is 104 cm³/mol. The Balaban J connectivity index is 1.38. The first-order valence-corrected chi connectivity index (χ1v) is 9.69. The topological polar surface area (TPSA) is 98.8 Å². The van der Waals surface area contributed by atoms with E-state index in [-0.39, 0.29) is 5.91 Å². The van der Waals surface area contributed by atoms with Crippen LogP contribution in [0.1, 0.15) is 10.4 Å². The second-order valence-corrected chi connectivity index (χ2v) is 7.01. The Morgan fingerprint density at radius 1 is 0.828 bits per heavy atom. The number of aromatic nitrogens is 2. The lowest BCUT2D eigenvalue weighted by molar-refractivity contribution is -0.154. The largest absolute Gasteiger partial charge is 0.378 e. The lowest BCUT2D eigenvalue weighted by Gasteiger charge is -2.35. The highest BCUT2D eigenvalue weighted by atomic mass is 16.5. The molecule has 1 aromatic heterocycles. The van der Waals surface area contributed by atoms with E-state index in [0.29, 0.717) is 63.7 Å². The van der Waals surface area contributed by atoms with E-state index in [4.69, 9.17) is 4.74 Å². The van der Waals surface area contributed by atoms with Crippen molar-refractivity contribution in [3.05, 3.63) is 42.1 Å². The summed E-state index contributed by atoms with van der Waals surface area (Å²) in [6.45, 7) is 3.20. The molecule has 1 aromatic carbocycles. The van der Waals surface area contributed by atoms with Gasteiger partial charge in [-0.25, -0.2) is 0 Å². The van der Waals surface area contributed by atoms with Crippen LogP contribution in [0.25, 0.3) is 11.3 Å². The van der Waals surface area contributed by atoms with E-state index in [1.807, 2.05) is 30.3 Å². The molecular formula is C20H23N5O4. The van der Waals surface area contributed by atoms with Gasteiger partial charge in [-0.05, 0) is 0 Å². The van der Waals surface area contributed by atoms with Gasteiger partial charge in [0.05, 0.1) is 30.7 Å². The van der Waals surface area contributed by atoms with Gasteiger partial charge in [0.1, 0.15) is 0 Å². The quantitative estimate of drug-likeness (QED) is 0.731. The normalized spacial score (nSPS) is 17.3. The maximum Gasteiger partial charge on any atom is 0.312 e. The molecule has 0 aliphatic carbocycles. The predicted octanol–water partition coefficient (Wildman–Crippen LogP) is 0.220. The summed E-state index contributed by atoms with van der Waals surface area (Å²) in [5.41, 5.74) is 2.07. The Hall–Kier alpha value is -3.20. The smallest absolute Gasteiger partial charge is 0.312 e. The molecule has 0 spiro atoms. The van der Waals surface area contributed by atoms with E-state index < -0.39 is 11.8 Å². The van der Waals surface area contributed by atoms with Crippen molar-refractivity contribution in [1.29, 1.82) is 0 Å². The molecule has 0 unspecified atom stereocenters. The first-order valence-electron chi connectivity index (χ1n) is 9.69. The van der Waals surface area contributed by atoms with Crippen LogP contribution >= 0.6 is 0 Å². The van der Waals surface area contributed by atoms with Gasteiger partial charge in [0.15, 0.2) is 0 Å². The van der Waals surface area contributed by atoms with Gasteiger partial charge in [0.2, 0.25) is 0 Å². The van der Waals surface area contributed by atoms with E-state index >= 15 is 0 Å². The highest BCUT2D eigenvalue weighted by molar-refractivity contribution is 6.35. The van der Waals surface area contributed by atoms with Crippen molar-refractivity contribution in [1.82, 2.24) is 24.9 Å². The molecule has 152 valence electrons. The average Bonchev–Trinajstić information content (AvgIpc) is 3.29. The number of hydrogen-bond donors (Lipinski definition) is 1. The zero-order chi connectivity index (χ0) is 20.2. The van der Waals surface area contributed by atoms with Gasteiger partial charge < -0.3 is 19.4 Å². The van der Waals surface area contributed by atoms with Gasteiger partial charge in [0.25, 0.3) is 5.91 Å². The summed E-state index contributed by atoms with van der Waals surface area (Å²) >= 11 is 0. The number of nitrogens with one attached hydrogen (secondary N) is 1. The first kappa shape index (κ1) is 19.1. The van der Waals surface area contributed by atoms with Crippen molar-refractivity contribution in [2.75, 3.05) is 52.5 Å². The number of nitrogens with zero attached hydrogens (tertiary/aromatic N) is 4. The monoisotopic (exact) mass is 397 g/mol. The Morgan fingerprint density at radius 3 is 2.07 bits per heavy atom. The molecule has 0 atom stereocenters. The zero-order valence-electron chi connectivity index (χ0n) is 16.0. The number of rotatable bonds is 2. The van der Waals surface area contributed by atoms with Crippen molar-refractivity contribution in [3.8, 4) is 11.3 Å². The van der Waals surface area contributed by atoms with E-state index in [1.54, 1.807) is 4.90 Å². The average molecular weight is 397 g/mol. The maximum absolute atomic E-state index is 13.0. The van der Waals surface area contributed by atoms with Crippen LogP contribution in [-0.4, -0.2) is 95.1 Å². The molecule has 9 heteroatoms. The molecule has 2 aromatic rings. The highest BCUT2D eigenvalue weighted by Gasteiger charge is 2.32. The Labute approximate surface area is 168 Å². The number of carbonyl (C=O) groups is 3. The summed E-state index contributed by atoms with van der Waals surface area (Å²) in [6.07, 6.45) is 1.53. The minimum absolute atomic E-state index is 0.135. The number of carbonyl (C=O) groups excluding carboxylic acids is 3. The number of morpholine rings is 1. The van der Waals surface area contributed by atoms with E-state index in [0.717, 1.165) is 5.56 Å². The minimum atomic E-state index is -0.507. The second kappa shape index (κ2) is 8.44. The lowest BCUT2D eigenvalue weighted by atomic mass is 10.1. The molecule has 4 rings (SSSR count). The third kappa shape index (κ3) is 4.00. The molecule has 0 saturated carbocycles. The number of ether oxygens (including phenoxy) is 1. The Morgan fingerprint density at radius 2 is 1.41 bits per heavy atom. The molecule has 0 radical (unpaired) electrons. The second-order valence-electron chi connectivity index (χ2n) is 7.01. The van der Waals surface area contributed by atoms with Crippen LogP contribution in [0.4, 0.5) is 0 Å². The van der Waals surface area contributed by atoms with E-state index in [1.165, 1.54) is 16.0 Å². The van der Waals surface area contributed by atoms with Crippen LogP contribution in [0, 0.1) is 0 Å². The van der Waals surface area contributed by atoms with Crippen LogP contribution < -0.4 is 0 Å². The van der Waals surface area contributed by atoms with Gasteiger partial charge in [-0.3, -0.25) is 19.5 Å². The summed E-state index contributed by atoms with van der Waals surface area (Å²) in [4.78, 5) is 42.6. The lowest BCUT2D eigenvalue weighted by Crippen LogP contribution is -2.55. The SMILES string of the molecule is O=C(C(=O)N1CCN(C(=O)c2cn[nH]c2-c2ccccc2)CC1)N1CCOCC1. The standard InChI is InChI=1S/C20H23N5O4/c26-18(16-14-21-22-17(16)15-4-2-1-3-5-15)23-6-8-24(9-7-23)19(27)20(28)25-10-12-29-13-11-25/h1-5,14H,6-13H2,(H,21,22). The molecule has 2 aliphatic rings. The number of aromatic amines is 1. The third-order valence-corrected chi connectivity index (χ3v) is 5.27. The number of H-pyrrole nitrogens is 1. The molecule has 2 fully saturated rings. The zero-order valence-corrected chi connectivity index (χ0v) is 16.0. The summed E-state index contributed by atoms with van der Waals surface area (Å²) in [7, 11) is 0. The van der Waals surface area contributed by atoms with Crippen LogP contribution in [-0.2, 0) is 14.3 Å². The van der Waals surface area contributed by atoms with Gasteiger partial charge in [-0.1, -0.05) is 30.3 Å². The maximum atomic E-state index is 13.0. The molecular weight excluding hydrogens is 374 g/mol. The number of hydrogen-bond acceptors (Lipinski definition) is 5. The number of benzene rings is 1. The molecule has 29 heavy (non-hydrogen) atoms. The summed E-state index contributed by atoms with van der Waals surface area (Å²) in [6, 6.07) is 9.55. The van der Waals surface area contributed by atoms with Crippen LogP contribution in [0.3, 0.4) is 0 Å². The van der Waals surface area contributed by atoms with Crippen molar-refractivity contribution >= 4 is 17.7 Å². The van der Waals surface area contributed by atoms with Gasteiger partial charge in [-0.2, -0.15) is 5.10 Å². The highest BCUT2D eigenvalue weighted by Crippen LogP contribution is 2.22. The van der Waals surface area contributed by atoms with E-state index in [2.05, 4.69) is 10.2 Å². The molecule has 2 aliphatic heterocycles. The Bertz CT molecular complexity index is 883. The molecule has 3 heterocycles. The van der Waals surface area contributed by atoms with Gasteiger partial charge >= 0.3 is 11.8 Å². The molecule has 1 N–H and O–H groups in total. The van der Waals surface area contributed by atoms with Gasteiger partial charge in [0, 0.05) is 44.8 Å². The molecule has 0 bridgehead atoms. The van der Waals surface area contributed by atoms with Crippen LogP contribution in [0.2, 0.25) is 0 Å².